The van der Waals surface area contributed by atoms with Crippen LogP contribution in [0.25, 0.3) is 0 Å². The zero-order valence-corrected chi connectivity index (χ0v) is 14.3. The first-order valence-corrected chi connectivity index (χ1v) is 8.46. The number of anilines is 1. The first-order valence-electron chi connectivity index (χ1n) is 8.46. The number of carbonyl (C=O) groups excluding carboxylic acids is 2. The average Bonchev–Trinajstić information content (AvgIpc) is 3.16. The van der Waals surface area contributed by atoms with Gasteiger partial charge < -0.3 is 16.0 Å². The van der Waals surface area contributed by atoms with Gasteiger partial charge in [0.25, 0.3) is 0 Å². The van der Waals surface area contributed by atoms with Gasteiger partial charge in [-0.25, -0.2) is 0 Å². The van der Waals surface area contributed by atoms with Crippen molar-refractivity contribution in [2.24, 2.45) is 0 Å². The normalized spacial score (nSPS) is 16.2. The fraction of sp³-hybridized carbons (Fsp3) is 0.389. The van der Waals surface area contributed by atoms with E-state index in [1.54, 1.807) is 10.9 Å². The predicted octanol–water partition coefficient (Wildman–Crippen LogP) is 1.24. The van der Waals surface area contributed by atoms with Crippen LogP contribution in [0.2, 0.25) is 0 Å². The van der Waals surface area contributed by atoms with Gasteiger partial charge in [-0.1, -0.05) is 12.1 Å². The molecule has 2 heterocycles. The van der Waals surface area contributed by atoms with E-state index < -0.39 is 5.54 Å². The zero-order chi connectivity index (χ0) is 17.7. The van der Waals surface area contributed by atoms with Gasteiger partial charge >= 0.3 is 0 Å². The van der Waals surface area contributed by atoms with Gasteiger partial charge in [0.1, 0.15) is 5.54 Å². The molecule has 132 valence electrons. The quantitative estimate of drug-likeness (QED) is 0.763. The molecule has 0 spiro atoms. The van der Waals surface area contributed by atoms with Crippen molar-refractivity contribution in [3.05, 3.63) is 48.3 Å². The Morgan fingerprint density at radius 3 is 2.56 bits per heavy atom. The van der Waals surface area contributed by atoms with Crippen LogP contribution in [0.15, 0.2) is 42.7 Å². The molecule has 0 unspecified atom stereocenters. The second kappa shape index (κ2) is 7.48. The number of benzene rings is 1. The summed E-state index contributed by atoms with van der Waals surface area (Å²) in [6.07, 6.45) is 4.98. The number of carbonyl (C=O) groups is 2. The molecule has 3 N–H and O–H groups in total. The summed E-state index contributed by atoms with van der Waals surface area (Å²) in [5.74, 6) is -0.114. The van der Waals surface area contributed by atoms with Crippen LogP contribution in [-0.4, -0.2) is 34.7 Å². The largest absolute Gasteiger partial charge is 0.350 e. The molecule has 1 saturated heterocycles. The lowest BCUT2D eigenvalue weighted by atomic mass is 9.87. The Bertz CT molecular complexity index is 718. The molecule has 0 atom stereocenters. The third kappa shape index (κ3) is 3.88. The number of nitrogens with one attached hydrogen (secondary N) is 3. The fourth-order valence-electron chi connectivity index (χ4n) is 3.18. The van der Waals surface area contributed by atoms with Crippen LogP contribution < -0.4 is 16.0 Å². The molecule has 7 heteroatoms. The summed E-state index contributed by atoms with van der Waals surface area (Å²) in [6, 6.07) is 9.30. The summed E-state index contributed by atoms with van der Waals surface area (Å²) in [6.45, 7) is 3.49. The Hall–Kier alpha value is -2.67. The van der Waals surface area contributed by atoms with Crippen molar-refractivity contribution >= 4 is 17.5 Å². The highest BCUT2D eigenvalue weighted by Gasteiger charge is 2.41. The Balaban J connectivity index is 1.67. The molecule has 1 aromatic heterocycles. The third-order valence-electron chi connectivity index (χ3n) is 4.52. The van der Waals surface area contributed by atoms with E-state index in [0.29, 0.717) is 19.4 Å². The minimum Gasteiger partial charge on any atom is -0.350 e. The highest BCUT2D eigenvalue weighted by atomic mass is 16.2. The fourth-order valence-corrected chi connectivity index (χ4v) is 3.18. The van der Waals surface area contributed by atoms with Gasteiger partial charge in [0.15, 0.2) is 0 Å². The van der Waals surface area contributed by atoms with Crippen molar-refractivity contribution in [2.45, 2.75) is 31.8 Å². The number of rotatable bonds is 5. The van der Waals surface area contributed by atoms with Crippen LogP contribution in [0.3, 0.4) is 0 Å². The minimum atomic E-state index is -0.634. The van der Waals surface area contributed by atoms with Gasteiger partial charge in [-0.15, -0.1) is 0 Å². The lowest BCUT2D eigenvalue weighted by Crippen LogP contribution is -2.54. The molecule has 3 rings (SSSR count). The molecule has 25 heavy (non-hydrogen) atoms. The van der Waals surface area contributed by atoms with E-state index in [9.17, 15) is 9.59 Å². The average molecular weight is 341 g/mol. The first kappa shape index (κ1) is 17.2. The Morgan fingerprint density at radius 1 is 1.24 bits per heavy atom. The van der Waals surface area contributed by atoms with Crippen LogP contribution in [0, 0.1) is 0 Å². The van der Waals surface area contributed by atoms with E-state index in [-0.39, 0.29) is 11.8 Å². The number of piperidine rings is 1. The van der Waals surface area contributed by atoms with E-state index in [2.05, 4.69) is 21.0 Å². The summed E-state index contributed by atoms with van der Waals surface area (Å²) in [5.41, 5.74) is 1.09. The highest BCUT2D eigenvalue weighted by molar-refractivity contribution is 5.88. The smallest absolute Gasteiger partial charge is 0.248 e. The lowest BCUT2D eigenvalue weighted by Gasteiger charge is -2.36. The molecule has 0 saturated carbocycles. The van der Waals surface area contributed by atoms with Crippen molar-refractivity contribution in [2.75, 3.05) is 18.4 Å². The molecule has 0 aliphatic carbocycles. The van der Waals surface area contributed by atoms with Crippen LogP contribution in [0.4, 0.5) is 5.69 Å². The predicted molar refractivity (Wildman–Crippen MR) is 94.9 cm³/mol. The second-order valence-corrected chi connectivity index (χ2v) is 6.29. The van der Waals surface area contributed by atoms with E-state index in [4.69, 9.17) is 0 Å². The summed E-state index contributed by atoms with van der Waals surface area (Å²) in [5, 5.41) is 13.4. The van der Waals surface area contributed by atoms with E-state index in [1.807, 2.05) is 36.5 Å². The van der Waals surface area contributed by atoms with Crippen LogP contribution in [-0.2, 0) is 21.7 Å². The minimum absolute atomic E-state index is 0.0105. The first-order chi connectivity index (χ1) is 12.1. The van der Waals surface area contributed by atoms with Crippen molar-refractivity contribution in [3.63, 3.8) is 0 Å². The molecule has 2 amide bonds. The summed E-state index contributed by atoms with van der Waals surface area (Å²) in [7, 11) is 0. The van der Waals surface area contributed by atoms with Gasteiger partial charge in [-0.2, -0.15) is 5.10 Å². The van der Waals surface area contributed by atoms with E-state index >= 15 is 0 Å². The molecule has 1 aliphatic heterocycles. The van der Waals surface area contributed by atoms with Gasteiger partial charge in [-0.3, -0.25) is 14.3 Å². The van der Waals surface area contributed by atoms with Gasteiger partial charge in [-0.05, 0) is 49.7 Å². The Morgan fingerprint density at radius 2 is 1.96 bits per heavy atom. The third-order valence-corrected chi connectivity index (χ3v) is 4.52. The molecule has 0 bridgehead atoms. The van der Waals surface area contributed by atoms with Gasteiger partial charge in [0.05, 0.1) is 0 Å². The second-order valence-electron chi connectivity index (χ2n) is 6.29. The molecule has 0 radical (unpaired) electrons. The van der Waals surface area contributed by atoms with Crippen molar-refractivity contribution in [3.8, 4) is 0 Å². The SMILES string of the molecule is CC(=O)Nc1ccc(CNC(=O)C2(n3cccn3)CCNCC2)cc1. The summed E-state index contributed by atoms with van der Waals surface area (Å²) in [4.78, 5) is 24.0. The maximum Gasteiger partial charge on any atom is 0.248 e. The maximum atomic E-state index is 12.9. The summed E-state index contributed by atoms with van der Waals surface area (Å²) < 4.78 is 1.78. The number of nitrogens with zero attached hydrogens (tertiary/aromatic N) is 2. The molecule has 2 aromatic rings. The van der Waals surface area contributed by atoms with E-state index in [0.717, 1.165) is 24.3 Å². The highest BCUT2D eigenvalue weighted by Crippen LogP contribution is 2.27. The number of hydrogen-bond donors (Lipinski definition) is 3. The van der Waals surface area contributed by atoms with E-state index in [1.165, 1.54) is 6.92 Å². The van der Waals surface area contributed by atoms with Crippen LogP contribution >= 0.6 is 0 Å². The lowest BCUT2D eigenvalue weighted by molar-refractivity contribution is -0.132. The molecular formula is C18H23N5O2. The standard InChI is InChI=1S/C18H23N5O2/c1-14(24)22-16-5-3-15(4-6-16)13-20-17(25)18(7-10-19-11-8-18)23-12-2-9-21-23/h2-6,9,12,19H,7-8,10-11,13H2,1H3,(H,20,25)(H,22,24). The molecule has 1 aromatic carbocycles. The monoisotopic (exact) mass is 341 g/mol. The van der Waals surface area contributed by atoms with Crippen molar-refractivity contribution in [1.29, 1.82) is 0 Å². The zero-order valence-electron chi connectivity index (χ0n) is 14.3. The number of amides is 2. The Labute approximate surface area is 146 Å². The van der Waals surface area contributed by atoms with Crippen molar-refractivity contribution < 1.29 is 9.59 Å². The van der Waals surface area contributed by atoms with Crippen LogP contribution in [0.5, 0.6) is 0 Å². The number of aromatic nitrogens is 2. The van der Waals surface area contributed by atoms with Crippen LogP contribution in [0.1, 0.15) is 25.3 Å². The molecule has 1 fully saturated rings. The number of hydrogen-bond acceptors (Lipinski definition) is 4. The molecule has 1 aliphatic rings. The van der Waals surface area contributed by atoms with Gasteiger partial charge in [0.2, 0.25) is 11.8 Å². The molecular weight excluding hydrogens is 318 g/mol. The summed E-state index contributed by atoms with van der Waals surface area (Å²) >= 11 is 0. The topological polar surface area (TPSA) is 88.1 Å². The maximum absolute atomic E-state index is 12.9. The molecule has 7 nitrogen and oxygen atoms in total. The van der Waals surface area contributed by atoms with Crippen molar-refractivity contribution in [1.82, 2.24) is 20.4 Å². The Kier molecular flexibility index (Phi) is 5.14. The van der Waals surface area contributed by atoms with Gasteiger partial charge in [0, 0.05) is 31.5 Å².